The maximum atomic E-state index is 13.5. The molecule has 1 N–H and O–H groups in total. The lowest BCUT2D eigenvalue weighted by molar-refractivity contribution is 0.543. The van der Waals surface area contributed by atoms with E-state index in [1.54, 1.807) is 18.3 Å². The van der Waals surface area contributed by atoms with Crippen LogP contribution in [0.5, 0.6) is 0 Å². The summed E-state index contributed by atoms with van der Waals surface area (Å²) in [5.41, 5.74) is 0. The molecule has 3 nitrogen and oxygen atoms in total. The molecule has 1 aromatic carbocycles. The molecule has 20 heavy (non-hydrogen) atoms. The zero-order valence-electron chi connectivity index (χ0n) is 11.3. The number of halogens is 1. The van der Waals surface area contributed by atoms with Gasteiger partial charge < -0.3 is 0 Å². The second-order valence-corrected chi connectivity index (χ2v) is 7.72. The van der Waals surface area contributed by atoms with Gasteiger partial charge in [-0.05, 0) is 44.5 Å². The summed E-state index contributed by atoms with van der Waals surface area (Å²) in [7, 11) is -3.82. The summed E-state index contributed by atoms with van der Waals surface area (Å²) in [6.07, 6.45) is 0.589. The second-order valence-electron chi connectivity index (χ2n) is 4.67. The highest BCUT2D eigenvalue weighted by atomic mass is 32.2. The molecule has 0 radical (unpaired) electrons. The van der Waals surface area contributed by atoms with E-state index < -0.39 is 15.8 Å². The van der Waals surface area contributed by atoms with Gasteiger partial charge in [0.05, 0.1) is 0 Å². The van der Waals surface area contributed by atoms with E-state index in [4.69, 9.17) is 0 Å². The minimum atomic E-state index is -3.82. The van der Waals surface area contributed by atoms with Crippen LogP contribution in [0.15, 0.2) is 41.3 Å². The minimum Gasteiger partial charge on any atom is -0.208 e. The van der Waals surface area contributed by atoms with Gasteiger partial charge in [-0.25, -0.2) is 17.5 Å². The molecular weight excluding hydrogens is 297 g/mol. The van der Waals surface area contributed by atoms with Crippen LogP contribution in [-0.2, 0) is 16.4 Å². The number of thiophene rings is 1. The summed E-state index contributed by atoms with van der Waals surface area (Å²) in [6, 6.07) is 9.06. The van der Waals surface area contributed by atoms with Crippen molar-refractivity contribution in [2.75, 3.05) is 0 Å². The molecule has 0 amide bonds. The van der Waals surface area contributed by atoms with Crippen molar-refractivity contribution in [1.82, 2.24) is 4.72 Å². The molecule has 0 aliphatic rings. The molecule has 0 aliphatic carbocycles. The number of aryl methyl sites for hydroxylation is 1. The lowest BCUT2D eigenvalue weighted by Crippen LogP contribution is -2.34. The fraction of sp³-hybridized carbons (Fsp3) is 0.286. The monoisotopic (exact) mass is 313 g/mol. The van der Waals surface area contributed by atoms with Crippen LogP contribution in [0.1, 0.15) is 16.7 Å². The van der Waals surface area contributed by atoms with Crippen molar-refractivity contribution in [3.63, 3.8) is 0 Å². The molecular formula is C14H16FNO2S2. The van der Waals surface area contributed by atoms with Crippen molar-refractivity contribution >= 4 is 21.4 Å². The summed E-state index contributed by atoms with van der Waals surface area (Å²) in [6.45, 7) is 3.77. The molecule has 1 heterocycles. The molecule has 0 fully saturated rings. The molecule has 0 aliphatic heterocycles. The third kappa shape index (κ3) is 3.65. The first-order valence-corrected chi connectivity index (χ1v) is 8.50. The number of hydrogen-bond acceptors (Lipinski definition) is 3. The van der Waals surface area contributed by atoms with E-state index in [-0.39, 0.29) is 10.9 Å². The highest BCUT2D eigenvalue weighted by Gasteiger charge is 2.21. The second kappa shape index (κ2) is 6.03. The SMILES string of the molecule is Cc1ccc(CC(C)NS(=O)(=O)c2ccccc2F)s1. The van der Waals surface area contributed by atoms with Crippen molar-refractivity contribution in [3.05, 3.63) is 52.0 Å². The molecule has 2 rings (SSSR count). The van der Waals surface area contributed by atoms with Gasteiger partial charge in [0, 0.05) is 15.8 Å². The largest absolute Gasteiger partial charge is 0.243 e. The van der Waals surface area contributed by atoms with Crippen LogP contribution in [0.4, 0.5) is 4.39 Å². The fourth-order valence-electron chi connectivity index (χ4n) is 1.93. The van der Waals surface area contributed by atoms with Crippen LogP contribution in [0, 0.1) is 12.7 Å². The Morgan fingerprint density at radius 1 is 1.25 bits per heavy atom. The Morgan fingerprint density at radius 2 is 1.95 bits per heavy atom. The van der Waals surface area contributed by atoms with Gasteiger partial charge in [0.25, 0.3) is 0 Å². The molecule has 2 aromatic rings. The topological polar surface area (TPSA) is 46.2 Å². The molecule has 108 valence electrons. The Balaban J connectivity index is 2.10. The first kappa shape index (κ1) is 15.2. The van der Waals surface area contributed by atoms with Crippen molar-refractivity contribution in [2.24, 2.45) is 0 Å². The van der Waals surface area contributed by atoms with Crippen molar-refractivity contribution in [2.45, 2.75) is 31.2 Å². The van der Waals surface area contributed by atoms with Crippen LogP contribution in [0.2, 0.25) is 0 Å². The van der Waals surface area contributed by atoms with Crippen LogP contribution >= 0.6 is 11.3 Å². The summed E-state index contributed by atoms with van der Waals surface area (Å²) < 4.78 is 40.3. The first-order chi connectivity index (χ1) is 9.38. The van der Waals surface area contributed by atoms with Crippen molar-refractivity contribution < 1.29 is 12.8 Å². The van der Waals surface area contributed by atoms with Gasteiger partial charge in [-0.15, -0.1) is 11.3 Å². The summed E-state index contributed by atoms with van der Waals surface area (Å²) in [5.74, 6) is -0.737. The van der Waals surface area contributed by atoms with E-state index in [0.29, 0.717) is 6.42 Å². The average molecular weight is 313 g/mol. The minimum absolute atomic E-state index is 0.294. The van der Waals surface area contributed by atoms with Gasteiger partial charge in [-0.2, -0.15) is 0 Å². The zero-order valence-corrected chi connectivity index (χ0v) is 12.9. The van der Waals surface area contributed by atoms with E-state index in [0.717, 1.165) is 10.9 Å². The van der Waals surface area contributed by atoms with E-state index in [1.165, 1.54) is 23.1 Å². The zero-order chi connectivity index (χ0) is 14.8. The average Bonchev–Trinajstić information content (AvgIpc) is 2.74. The lowest BCUT2D eigenvalue weighted by Gasteiger charge is -2.13. The lowest BCUT2D eigenvalue weighted by atomic mass is 10.2. The standard InChI is InChI=1S/C14H16FNO2S2/c1-10(9-12-8-7-11(2)19-12)16-20(17,18)14-6-4-3-5-13(14)15/h3-8,10,16H,9H2,1-2H3. The number of rotatable bonds is 5. The Hall–Kier alpha value is -1.24. The Morgan fingerprint density at radius 3 is 2.55 bits per heavy atom. The van der Waals surface area contributed by atoms with Gasteiger partial charge in [0.2, 0.25) is 10.0 Å². The molecule has 0 bridgehead atoms. The van der Waals surface area contributed by atoms with Gasteiger partial charge in [-0.1, -0.05) is 12.1 Å². The Bertz CT molecular complexity index is 695. The molecule has 0 saturated carbocycles. The van der Waals surface area contributed by atoms with E-state index in [9.17, 15) is 12.8 Å². The van der Waals surface area contributed by atoms with Gasteiger partial charge >= 0.3 is 0 Å². The fourth-order valence-corrected chi connectivity index (χ4v) is 4.27. The Labute approximate surface area is 122 Å². The number of sulfonamides is 1. The van der Waals surface area contributed by atoms with Gasteiger partial charge in [0.1, 0.15) is 10.7 Å². The van der Waals surface area contributed by atoms with Crippen LogP contribution in [0.25, 0.3) is 0 Å². The molecule has 0 spiro atoms. The van der Waals surface area contributed by atoms with Crippen LogP contribution in [-0.4, -0.2) is 14.5 Å². The third-order valence-corrected chi connectivity index (χ3v) is 5.43. The summed E-state index contributed by atoms with van der Waals surface area (Å²) >= 11 is 1.63. The summed E-state index contributed by atoms with van der Waals surface area (Å²) in [4.78, 5) is 1.98. The smallest absolute Gasteiger partial charge is 0.208 e. The van der Waals surface area contributed by atoms with E-state index in [1.807, 2.05) is 19.1 Å². The maximum absolute atomic E-state index is 13.5. The van der Waals surface area contributed by atoms with E-state index in [2.05, 4.69) is 4.72 Å². The van der Waals surface area contributed by atoms with Gasteiger partial charge in [0.15, 0.2) is 0 Å². The highest BCUT2D eigenvalue weighted by Crippen LogP contribution is 2.18. The van der Waals surface area contributed by atoms with Crippen LogP contribution < -0.4 is 4.72 Å². The Kier molecular flexibility index (Phi) is 4.57. The number of benzene rings is 1. The van der Waals surface area contributed by atoms with Crippen molar-refractivity contribution in [3.8, 4) is 0 Å². The highest BCUT2D eigenvalue weighted by molar-refractivity contribution is 7.89. The number of nitrogens with one attached hydrogen (secondary N) is 1. The summed E-state index contributed by atoms with van der Waals surface area (Å²) in [5, 5.41) is 0. The van der Waals surface area contributed by atoms with Crippen molar-refractivity contribution in [1.29, 1.82) is 0 Å². The predicted octanol–water partition coefficient (Wildman–Crippen LogP) is 3.11. The predicted molar refractivity (Wildman–Crippen MR) is 78.9 cm³/mol. The maximum Gasteiger partial charge on any atom is 0.243 e. The quantitative estimate of drug-likeness (QED) is 0.922. The first-order valence-electron chi connectivity index (χ1n) is 6.20. The number of hydrogen-bond donors (Lipinski definition) is 1. The third-order valence-electron chi connectivity index (χ3n) is 2.79. The van der Waals surface area contributed by atoms with Gasteiger partial charge in [-0.3, -0.25) is 0 Å². The molecule has 0 saturated heterocycles. The molecule has 1 atom stereocenters. The van der Waals surface area contributed by atoms with E-state index >= 15 is 0 Å². The van der Waals surface area contributed by atoms with Crippen LogP contribution in [0.3, 0.4) is 0 Å². The molecule has 6 heteroatoms. The molecule has 1 aromatic heterocycles. The molecule has 1 unspecified atom stereocenters. The normalized spacial score (nSPS) is 13.3.